The Morgan fingerprint density at radius 1 is 1.08 bits per heavy atom. The van der Waals surface area contributed by atoms with Crippen molar-refractivity contribution in [1.82, 2.24) is 5.32 Å². The number of urea groups is 1. The number of esters is 1. The summed E-state index contributed by atoms with van der Waals surface area (Å²) in [6.07, 6.45) is 0. The van der Waals surface area contributed by atoms with Gasteiger partial charge in [-0.25, -0.2) is 9.59 Å². The Kier molecular flexibility index (Phi) is 7.02. The SMILES string of the molecule is CCOC(=O)c1ccccc1NC(=O)NCCOc1ccc(C)cc1C. The summed E-state index contributed by atoms with van der Waals surface area (Å²) in [6.45, 7) is 6.69. The topological polar surface area (TPSA) is 76.7 Å². The van der Waals surface area contributed by atoms with Gasteiger partial charge in [-0.2, -0.15) is 0 Å². The van der Waals surface area contributed by atoms with Gasteiger partial charge in [0.05, 0.1) is 24.4 Å². The number of carbonyl (C=O) groups excluding carboxylic acids is 2. The van der Waals surface area contributed by atoms with E-state index in [0.717, 1.165) is 11.3 Å². The van der Waals surface area contributed by atoms with Gasteiger partial charge < -0.3 is 20.1 Å². The molecule has 138 valence electrons. The van der Waals surface area contributed by atoms with Crippen molar-refractivity contribution in [2.24, 2.45) is 0 Å². The molecule has 0 saturated carbocycles. The van der Waals surface area contributed by atoms with E-state index in [1.165, 1.54) is 5.56 Å². The first-order valence-corrected chi connectivity index (χ1v) is 8.52. The van der Waals surface area contributed by atoms with Crippen LogP contribution in [0.3, 0.4) is 0 Å². The van der Waals surface area contributed by atoms with Crippen LogP contribution in [0.15, 0.2) is 42.5 Å². The maximum absolute atomic E-state index is 12.0. The van der Waals surface area contributed by atoms with Gasteiger partial charge in [-0.15, -0.1) is 0 Å². The Morgan fingerprint density at radius 3 is 2.58 bits per heavy atom. The van der Waals surface area contributed by atoms with Gasteiger partial charge in [0.1, 0.15) is 12.4 Å². The molecule has 6 heteroatoms. The van der Waals surface area contributed by atoms with Crippen LogP contribution in [0.4, 0.5) is 10.5 Å². The molecule has 0 aliphatic rings. The molecule has 2 aromatic rings. The Labute approximate surface area is 153 Å². The van der Waals surface area contributed by atoms with Crippen LogP contribution in [0.25, 0.3) is 0 Å². The smallest absolute Gasteiger partial charge is 0.340 e. The van der Waals surface area contributed by atoms with E-state index in [0.29, 0.717) is 24.4 Å². The van der Waals surface area contributed by atoms with E-state index in [-0.39, 0.29) is 6.61 Å². The van der Waals surface area contributed by atoms with Crippen LogP contribution < -0.4 is 15.4 Å². The number of nitrogens with one attached hydrogen (secondary N) is 2. The monoisotopic (exact) mass is 356 g/mol. The van der Waals surface area contributed by atoms with E-state index in [4.69, 9.17) is 9.47 Å². The molecule has 0 saturated heterocycles. The van der Waals surface area contributed by atoms with Crippen LogP contribution >= 0.6 is 0 Å². The molecule has 0 aliphatic carbocycles. The van der Waals surface area contributed by atoms with E-state index in [9.17, 15) is 9.59 Å². The van der Waals surface area contributed by atoms with Gasteiger partial charge in [-0.05, 0) is 44.5 Å². The second kappa shape index (κ2) is 9.46. The largest absolute Gasteiger partial charge is 0.491 e. The molecule has 2 amide bonds. The van der Waals surface area contributed by atoms with Crippen LogP contribution in [0, 0.1) is 13.8 Å². The van der Waals surface area contributed by atoms with Gasteiger partial charge in [0.15, 0.2) is 0 Å². The zero-order chi connectivity index (χ0) is 18.9. The summed E-state index contributed by atoms with van der Waals surface area (Å²) in [6, 6.07) is 12.2. The highest BCUT2D eigenvalue weighted by molar-refractivity contribution is 6.00. The molecule has 0 atom stereocenters. The number of hydrogen-bond donors (Lipinski definition) is 2. The molecule has 2 N–H and O–H groups in total. The number of aryl methyl sites for hydroxylation is 2. The molecule has 0 aromatic heterocycles. The van der Waals surface area contributed by atoms with Crippen molar-refractivity contribution < 1.29 is 19.1 Å². The van der Waals surface area contributed by atoms with E-state index >= 15 is 0 Å². The second-order valence-corrected chi connectivity index (χ2v) is 5.76. The average Bonchev–Trinajstić information content (AvgIpc) is 2.61. The Balaban J connectivity index is 1.83. The van der Waals surface area contributed by atoms with Crippen LogP contribution in [0.2, 0.25) is 0 Å². The van der Waals surface area contributed by atoms with Gasteiger partial charge in [0, 0.05) is 0 Å². The van der Waals surface area contributed by atoms with E-state index in [2.05, 4.69) is 10.6 Å². The molecule has 0 bridgehead atoms. The molecule has 0 aliphatic heterocycles. The predicted octanol–water partition coefficient (Wildman–Crippen LogP) is 3.68. The highest BCUT2D eigenvalue weighted by atomic mass is 16.5. The van der Waals surface area contributed by atoms with Crippen molar-refractivity contribution >= 4 is 17.7 Å². The van der Waals surface area contributed by atoms with Crippen LogP contribution in [-0.4, -0.2) is 31.8 Å². The second-order valence-electron chi connectivity index (χ2n) is 5.76. The molecule has 0 unspecified atom stereocenters. The normalized spacial score (nSPS) is 10.1. The minimum Gasteiger partial charge on any atom is -0.491 e. The maximum atomic E-state index is 12.0. The van der Waals surface area contributed by atoms with Gasteiger partial charge in [-0.3, -0.25) is 0 Å². The van der Waals surface area contributed by atoms with Crippen LogP contribution in [0.1, 0.15) is 28.4 Å². The summed E-state index contributed by atoms with van der Waals surface area (Å²) < 4.78 is 10.7. The lowest BCUT2D eigenvalue weighted by molar-refractivity contribution is 0.0527. The summed E-state index contributed by atoms with van der Waals surface area (Å²) in [5.41, 5.74) is 2.94. The lowest BCUT2D eigenvalue weighted by atomic mass is 10.1. The van der Waals surface area contributed by atoms with Crippen molar-refractivity contribution in [1.29, 1.82) is 0 Å². The summed E-state index contributed by atoms with van der Waals surface area (Å²) >= 11 is 0. The lowest BCUT2D eigenvalue weighted by Crippen LogP contribution is -2.32. The average molecular weight is 356 g/mol. The van der Waals surface area contributed by atoms with Crippen molar-refractivity contribution in [2.45, 2.75) is 20.8 Å². The molecular weight excluding hydrogens is 332 g/mol. The third-order valence-corrected chi connectivity index (χ3v) is 3.65. The van der Waals surface area contributed by atoms with Gasteiger partial charge in [0.2, 0.25) is 0 Å². The third-order valence-electron chi connectivity index (χ3n) is 3.65. The summed E-state index contributed by atoms with van der Waals surface area (Å²) in [5.74, 6) is 0.326. The van der Waals surface area contributed by atoms with Gasteiger partial charge in [-0.1, -0.05) is 29.8 Å². The number of carbonyl (C=O) groups is 2. The number of anilines is 1. The predicted molar refractivity (Wildman–Crippen MR) is 101 cm³/mol. The number of rotatable bonds is 7. The quantitative estimate of drug-likeness (QED) is 0.586. The van der Waals surface area contributed by atoms with E-state index in [1.807, 2.05) is 32.0 Å². The van der Waals surface area contributed by atoms with Crippen LogP contribution in [0.5, 0.6) is 5.75 Å². The molecule has 2 aromatic carbocycles. The molecule has 0 fully saturated rings. The Hall–Kier alpha value is -3.02. The molecule has 26 heavy (non-hydrogen) atoms. The van der Waals surface area contributed by atoms with Crippen molar-refractivity contribution in [3.8, 4) is 5.75 Å². The third kappa shape index (κ3) is 5.51. The number of hydrogen-bond acceptors (Lipinski definition) is 4. The van der Waals surface area contributed by atoms with Crippen LogP contribution in [-0.2, 0) is 4.74 Å². The molecule has 2 rings (SSSR count). The maximum Gasteiger partial charge on any atom is 0.340 e. The molecule has 0 radical (unpaired) electrons. The fraction of sp³-hybridized carbons (Fsp3) is 0.300. The van der Waals surface area contributed by atoms with E-state index in [1.54, 1.807) is 31.2 Å². The number of benzene rings is 2. The van der Waals surface area contributed by atoms with Crippen molar-refractivity contribution in [3.05, 3.63) is 59.2 Å². The minimum absolute atomic E-state index is 0.273. The summed E-state index contributed by atoms with van der Waals surface area (Å²) in [5, 5.41) is 5.36. The fourth-order valence-corrected chi connectivity index (χ4v) is 2.43. The number of amides is 2. The Bertz CT molecular complexity index is 774. The van der Waals surface area contributed by atoms with Gasteiger partial charge >= 0.3 is 12.0 Å². The first-order valence-electron chi connectivity index (χ1n) is 8.52. The Morgan fingerprint density at radius 2 is 1.85 bits per heavy atom. The zero-order valence-corrected chi connectivity index (χ0v) is 15.3. The first kappa shape index (κ1) is 19.3. The highest BCUT2D eigenvalue weighted by Crippen LogP contribution is 2.18. The minimum atomic E-state index is -0.471. The lowest BCUT2D eigenvalue weighted by Gasteiger charge is -2.12. The number of ether oxygens (including phenoxy) is 2. The number of para-hydroxylation sites is 1. The van der Waals surface area contributed by atoms with E-state index < -0.39 is 12.0 Å². The fourth-order valence-electron chi connectivity index (χ4n) is 2.43. The zero-order valence-electron chi connectivity index (χ0n) is 15.3. The molecular formula is C20H24N2O4. The standard InChI is InChI=1S/C20H24N2O4/c1-4-25-19(23)16-7-5-6-8-17(16)22-20(24)21-11-12-26-18-10-9-14(2)13-15(18)3/h5-10,13H,4,11-12H2,1-3H3,(H2,21,22,24). The van der Waals surface area contributed by atoms with Gasteiger partial charge in [0.25, 0.3) is 0 Å². The van der Waals surface area contributed by atoms with Crippen molar-refractivity contribution in [2.75, 3.05) is 25.1 Å². The van der Waals surface area contributed by atoms with Crippen molar-refractivity contribution in [3.63, 3.8) is 0 Å². The summed E-state index contributed by atoms with van der Waals surface area (Å²) in [7, 11) is 0. The molecule has 6 nitrogen and oxygen atoms in total. The molecule has 0 heterocycles. The summed E-state index contributed by atoms with van der Waals surface area (Å²) in [4.78, 5) is 23.9. The molecule has 0 spiro atoms. The first-order chi connectivity index (χ1) is 12.5. The highest BCUT2D eigenvalue weighted by Gasteiger charge is 2.13.